The van der Waals surface area contributed by atoms with Crippen LogP contribution in [0.1, 0.15) is 5.56 Å². The molecule has 1 fully saturated rings. The second-order valence-corrected chi connectivity index (χ2v) is 6.74. The van der Waals surface area contributed by atoms with Crippen LogP contribution in [0.4, 0.5) is 11.4 Å². The van der Waals surface area contributed by atoms with Crippen molar-refractivity contribution in [1.82, 2.24) is 0 Å². The van der Waals surface area contributed by atoms with Crippen LogP contribution in [0.2, 0.25) is 0 Å². The van der Waals surface area contributed by atoms with Crippen LogP contribution in [0.5, 0.6) is 5.75 Å². The van der Waals surface area contributed by atoms with Crippen LogP contribution >= 0.6 is 24.0 Å². The Balaban J connectivity index is 1.86. The van der Waals surface area contributed by atoms with Gasteiger partial charge in [0.15, 0.2) is 4.32 Å². The second kappa shape index (κ2) is 7.04. The van der Waals surface area contributed by atoms with Gasteiger partial charge in [-0.3, -0.25) is 19.8 Å². The molecule has 25 heavy (non-hydrogen) atoms. The molecule has 126 valence electrons. The van der Waals surface area contributed by atoms with Gasteiger partial charge in [-0.1, -0.05) is 36.1 Å². The number of ether oxygens (including phenoxy) is 1. The summed E-state index contributed by atoms with van der Waals surface area (Å²) in [6, 6.07) is 13.0. The molecule has 6 nitrogen and oxygen atoms in total. The van der Waals surface area contributed by atoms with Crippen LogP contribution < -0.4 is 9.64 Å². The van der Waals surface area contributed by atoms with E-state index in [-0.39, 0.29) is 11.6 Å². The maximum Gasteiger partial charge on any atom is 0.270 e. The standard InChI is InChI=1S/C17H12N2O4S2/c1-23-14-8-2-11(3-9-14)10-15-16(20)18(17(24)25-15)12-4-6-13(7-5-12)19(21)22/h2-10H,1H3/b15-10-. The van der Waals surface area contributed by atoms with Gasteiger partial charge in [-0.15, -0.1) is 0 Å². The number of rotatable bonds is 4. The topological polar surface area (TPSA) is 72.7 Å². The van der Waals surface area contributed by atoms with Gasteiger partial charge >= 0.3 is 0 Å². The first-order chi connectivity index (χ1) is 12.0. The predicted octanol–water partition coefficient (Wildman–Crippen LogP) is 4.01. The molecule has 0 N–H and O–H groups in total. The lowest BCUT2D eigenvalue weighted by atomic mass is 10.2. The number of nitrogens with zero attached hydrogens (tertiary/aromatic N) is 2. The summed E-state index contributed by atoms with van der Waals surface area (Å²) in [5.74, 6) is 0.482. The molecule has 1 amide bonds. The van der Waals surface area contributed by atoms with Crippen molar-refractivity contribution in [2.24, 2.45) is 0 Å². The number of carbonyl (C=O) groups excluding carboxylic acids is 1. The first-order valence-corrected chi connectivity index (χ1v) is 8.38. The number of non-ortho nitro benzene ring substituents is 1. The average molecular weight is 372 g/mol. The minimum Gasteiger partial charge on any atom is -0.497 e. The molecule has 0 radical (unpaired) electrons. The van der Waals surface area contributed by atoms with E-state index in [2.05, 4.69) is 0 Å². The fourth-order valence-corrected chi connectivity index (χ4v) is 3.56. The number of thioether (sulfide) groups is 1. The summed E-state index contributed by atoms with van der Waals surface area (Å²) < 4.78 is 5.50. The Hall–Kier alpha value is -2.71. The Morgan fingerprint density at radius 2 is 1.80 bits per heavy atom. The third kappa shape index (κ3) is 3.54. The van der Waals surface area contributed by atoms with Crippen molar-refractivity contribution in [1.29, 1.82) is 0 Å². The Morgan fingerprint density at radius 1 is 1.16 bits per heavy atom. The van der Waals surface area contributed by atoms with E-state index >= 15 is 0 Å². The molecule has 0 aromatic heterocycles. The summed E-state index contributed by atoms with van der Waals surface area (Å²) in [7, 11) is 1.59. The maximum atomic E-state index is 12.7. The van der Waals surface area contributed by atoms with Gasteiger partial charge in [0, 0.05) is 12.1 Å². The smallest absolute Gasteiger partial charge is 0.270 e. The number of thiocarbonyl (C=S) groups is 1. The van der Waals surface area contributed by atoms with Gasteiger partial charge in [-0.2, -0.15) is 0 Å². The van der Waals surface area contributed by atoms with E-state index in [0.717, 1.165) is 11.3 Å². The molecule has 3 rings (SSSR count). The summed E-state index contributed by atoms with van der Waals surface area (Å²) in [6.07, 6.45) is 1.75. The minimum atomic E-state index is -0.488. The van der Waals surface area contributed by atoms with Crippen molar-refractivity contribution >= 4 is 51.7 Å². The van der Waals surface area contributed by atoms with Crippen LogP contribution in [0, 0.1) is 10.1 Å². The van der Waals surface area contributed by atoms with Gasteiger partial charge in [0.2, 0.25) is 0 Å². The Morgan fingerprint density at radius 3 is 2.36 bits per heavy atom. The van der Waals surface area contributed by atoms with Gasteiger partial charge in [0.25, 0.3) is 11.6 Å². The zero-order valence-corrected chi connectivity index (χ0v) is 14.7. The van der Waals surface area contributed by atoms with E-state index in [0.29, 0.717) is 14.9 Å². The largest absolute Gasteiger partial charge is 0.497 e. The van der Waals surface area contributed by atoms with E-state index in [1.54, 1.807) is 13.2 Å². The highest BCUT2D eigenvalue weighted by molar-refractivity contribution is 8.27. The van der Waals surface area contributed by atoms with Gasteiger partial charge in [0.05, 0.1) is 22.6 Å². The molecule has 0 bridgehead atoms. The molecular weight excluding hydrogens is 360 g/mol. The van der Waals surface area contributed by atoms with Gasteiger partial charge < -0.3 is 4.74 Å². The third-order valence-corrected chi connectivity index (χ3v) is 4.83. The molecule has 8 heteroatoms. The zero-order valence-electron chi connectivity index (χ0n) is 13.0. The summed E-state index contributed by atoms with van der Waals surface area (Å²) in [5.41, 5.74) is 1.32. The van der Waals surface area contributed by atoms with E-state index in [1.807, 2.05) is 24.3 Å². The van der Waals surface area contributed by atoms with Gasteiger partial charge in [0.1, 0.15) is 5.75 Å². The van der Waals surface area contributed by atoms with E-state index in [4.69, 9.17) is 17.0 Å². The fraction of sp³-hybridized carbons (Fsp3) is 0.0588. The molecular formula is C17H12N2O4S2. The number of nitro groups is 1. The fourth-order valence-electron chi connectivity index (χ4n) is 2.27. The maximum absolute atomic E-state index is 12.7. The van der Waals surface area contributed by atoms with Gasteiger partial charge in [-0.05, 0) is 35.9 Å². The van der Waals surface area contributed by atoms with Crippen LogP contribution in [-0.4, -0.2) is 22.3 Å². The van der Waals surface area contributed by atoms with Crippen LogP contribution in [0.15, 0.2) is 53.4 Å². The SMILES string of the molecule is COc1ccc(/C=C2\SC(=S)N(c3ccc([N+](=O)[O-])cc3)C2=O)cc1. The number of hydrogen-bond acceptors (Lipinski definition) is 6. The van der Waals surface area contributed by atoms with Crippen molar-refractivity contribution in [2.75, 3.05) is 12.0 Å². The number of nitro benzene ring substituents is 1. The molecule has 0 aliphatic carbocycles. The molecule has 1 heterocycles. The van der Waals surface area contributed by atoms with Crippen LogP contribution in [-0.2, 0) is 4.79 Å². The normalized spacial score (nSPS) is 15.7. The summed E-state index contributed by atoms with van der Waals surface area (Å²) in [5, 5.41) is 10.7. The summed E-state index contributed by atoms with van der Waals surface area (Å²) in [4.78, 5) is 24.8. The first kappa shape index (κ1) is 17.1. The van der Waals surface area contributed by atoms with Crippen molar-refractivity contribution in [2.45, 2.75) is 0 Å². The van der Waals surface area contributed by atoms with Crippen molar-refractivity contribution in [3.8, 4) is 5.75 Å². The third-order valence-electron chi connectivity index (χ3n) is 3.53. The van der Waals surface area contributed by atoms with Crippen molar-refractivity contribution < 1.29 is 14.5 Å². The number of benzene rings is 2. The van der Waals surface area contributed by atoms with Crippen LogP contribution in [0.3, 0.4) is 0 Å². The lowest BCUT2D eigenvalue weighted by Gasteiger charge is -2.13. The Labute approximate surface area is 153 Å². The molecule has 0 saturated carbocycles. The summed E-state index contributed by atoms with van der Waals surface area (Å²) in [6.45, 7) is 0. The minimum absolute atomic E-state index is 0.0389. The monoisotopic (exact) mass is 372 g/mol. The van der Waals surface area contributed by atoms with E-state index < -0.39 is 4.92 Å². The zero-order chi connectivity index (χ0) is 18.0. The van der Waals surface area contributed by atoms with Crippen molar-refractivity contribution in [3.05, 3.63) is 69.1 Å². The molecule has 1 aliphatic heterocycles. The molecule has 2 aromatic rings. The number of methoxy groups -OCH3 is 1. The first-order valence-electron chi connectivity index (χ1n) is 7.16. The van der Waals surface area contributed by atoms with E-state index in [1.165, 1.54) is 40.9 Å². The molecule has 1 saturated heterocycles. The van der Waals surface area contributed by atoms with Gasteiger partial charge in [-0.25, -0.2) is 0 Å². The predicted molar refractivity (Wildman–Crippen MR) is 102 cm³/mol. The molecule has 1 aliphatic rings. The molecule has 2 aromatic carbocycles. The second-order valence-electron chi connectivity index (χ2n) is 5.06. The lowest BCUT2D eigenvalue weighted by molar-refractivity contribution is -0.384. The molecule has 0 unspecified atom stereocenters. The van der Waals surface area contributed by atoms with Crippen molar-refractivity contribution in [3.63, 3.8) is 0 Å². The number of carbonyl (C=O) groups is 1. The number of anilines is 1. The average Bonchev–Trinajstić information content (AvgIpc) is 2.89. The Bertz CT molecular complexity index is 877. The summed E-state index contributed by atoms with van der Waals surface area (Å²) >= 11 is 6.49. The lowest BCUT2D eigenvalue weighted by Crippen LogP contribution is -2.27. The Kier molecular flexibility index (Phi) is 4.82. The highest BCUT2D eigenvalue weighted by Gasteiger charge is 2.33. The highest BCUT2D eigenvalue weighted by atomic mass is 32.2. The quantitative estimate of drug-likeness (QED) is 0.349. The van der Waals surface area contributed by atoms with Crippen LogP contribution in [0.25, 0.3) is 6.08 Å². The highest BCUT2D eigenvalue weighted by Crippen LogP contribution is 2.36. The molecule has 0 spiro atoms. The number of amides is 1. The van der Waals surface area contributed by atoms with E-state index in [9.17, 15) is 14.9 Å². The molecule has 0 atom stereocenters. The number of hydrogen-bond donors (Lipinski definition) is 0.